The average Bonchev–Trinajstić information content (AvgIpc) is 2.89. The van der Waals surface area contributed by atoms with Crippen LogP contribution in [0.25, 0.3) is 11.1 Å². The van der Waals surface area contributed by atoms with Crippen molar-refractivity contribution in [2.45, 2.75) is 38.1 Å². The molecule has 3 aromatic carbocycles. The summed E-state index contributed by atoms with van der Waals surface area (Å²) in [6.07, 6.45) is 6.47. The van der Waals surface area contributed by atoms with Gasteiger partial charge in [0, 0.05) is 23.2 Å². The number of carbonyl (C=O) groups excluding carboxylic acids is 1. The first-order chi connectivity index (χ1) is 16.7. The summed E-state index contributed by atoms with van der Waals surface area (Å²) in [6.45, 7) is 3.24. The van der Waals surface area contributed by atoms with E-state index in [9.17, 15) is 9.18 Å². The number of hydrogen-bond acceptors (Lipinski definition) is 3. The minimum Gasteiger partial charge on any atom is -0.493 e. The van der Waals surface area contributed by atoms with Crippen LogP contribution in [0.4, 0.5) is 10.1 Å². The lowest BCUT2D eigenvalue weighted by Gasteiger charge is -2.44. The molecule has 3 aromatic rings. The summed E-state index contributed by atoms with van der Waals surface area (Å²) in [4.78, 5) is 15.3. The minimum atomic E-state index is -0.263. The average molecular weight is 459 g/mol. The summed E-state index contributed by atoms with van der Waals surface area (Å²) in [5.74, 6) is 1.01. The summed E-state index contributed by atoms with van der Waals surface area (Å²) in [5, 5.41) is 2.94. The van der Waals surface area contributed by atoms with Gasteiger partial charge in [0.25, 0.3) is 5.91 Å². The second-order valence-electron chi connectivity index (χ2n) is 9.38. The second-order valence-corrected chi connectivity index (χ2v) is 9.38. The highest BCUT2D eigenvalue weighted by Gasteiger charge is 2.33. The van der Waals surface area contributed by atoms with E-state index in [1.54, 1.807) is 24.3 Å². The van der Waals surface area contributed by atoms with Gasteiger partial charge >= 0.3 is 0 Å². The zero-order valence-electron chi connectivity index (χ0n) is 19.4. The summed E-state index contributed by atoms with van der Waals surface area (Å²) in [6, 6.07) is 21.9. The number of amides is 1. The second kappa shape index (κ2) is 10.4. The van der Waals surface area contributed by atoms with Crippen molar-refractivity contribution in [1.29, 1.82) is 0 Å². The summed E-state index contributed by atoms with van der Waals surface area (Å²) in [5.41, 5.74) is 3.15. The summed E-state index contributed by atoms with van der Waals surface area (Å²) in [7, 11) is 0. The van der Waals surface area contributed by atoms with Crippen LogP contribution in [0, 0.1) is 11.7 Å². The van der Waals surface area contributed by atoms with Crippen molar-refractivity contribution in [3.8, 4) is 16.9 Å². The summed E-state index contributed by atoms with van der Waals surface area (Å²) >= 11 is 0. The Balaban J connectivity index is 1.15. The number of hydrogen-bond donors (Lipinski definition) is 1. The van der Waals surface area contributed by atoms with E-state index in [1.807, 2.05) is 36.4 Å². The normalized spacial score (nSPS) is 20.4. The largest absolute Gasteiger partial charge is 0.493 e. The third-order valence-electron chi connectivity index (χ3n) is 7.13. The molecule has 2 aliphatic heterocycles. The van der Waals surface area contributed by atoms with Crippen molar-refractivity contribution < 1.29 is 13.9 Å². The maximum atomic E-state index is 13.1. The zero-order valence-corrected chi connectivity index (χ0v) is 19.4. The molecule has 34 heavy (non-hydrogen) atoms. The van der Waals surface area contributed by atoms with E-state index in [4.69, 9.17) is 4.74 Å². The Kier molecular flexibility index (Phi) is 6.91. The first-order valence-corrected chi connectivity index (χ1v) is 12.3. The van der Waals surface area contributed by atoms with Crippen molar-refractivity contribution in [3.05, 3.63) is 84.2 Å². The third-order valence-corrected chi connectivity index (χ3v) is 7.13. The third kappa shape index (κ3) is 5.31. The van der Waals surface area contributed by atoms with Gasteiger partial charge in [0.1, 0.15) is 11.6 Å². The number of halogens is 1. The van der Waals surface area contributed by atoms with Crippen molar-refractivity contribution in [1.82, 2.24) is 4.90 Å². The molecule has 2 saturated heterocycles. The molecule has 4 nitrogen and oxygen atoms in total. The minimum absolute atomic E-state index is 0.168. The molecule has 2 atom stereocenters. The van der Waals surface area contributed by atoms with Gasteiger partial charge in [-0.2, -0.15) is 0 Å². The first-order valence-electron chi connectivity index (χ1n) is 12.3. The van der Waals surface area contributed by atoms with Crippen molar-refractivity contribution in [2.75, 3.05) is 25.0 Å². The fourth-order valence-corrected chi connectivity index (χ4v) is 5.27. The van der Waals surface area contributed by atoms with E-state index in [0.29, 0.717) is 17.5 Å². The van der Waals surface area contributed by atoms with Gasteiger partial charge in [-0.05, 0) is 98.4 Å². The van der Waals surface area contributed by atoms with Crippen LogP contribution in [0.15, 0.2) is 72.8 Å². The lowest BCUT2D eigenvalue weighted by molar-refractivity contribution is 0.0366. The van der Waals surface area contributed by atoms with Crippen molar-refractivity contribution >= 4 is 11.6 Å². The van der Waals surface area contributed by atoms with Crippen LogP contribution in [-0.4, -0.2) is 36.5 Å². The van der Waals surface area contributed by atoms with Crippen molar-refractivity contribution in [2.24, 2.45) is 5.92 Å². The van der Waals surface area contributed by atoms with Gasteiger partial charge in [-0.25, -0.2) is 4.39 Å². The number of carbonyl (C=O) groups is 1. The SMILES string of the molecule is O=C(Nc1ccc(OC[C@@H]2CCCN3CCCC[C@H]23)cc1)c1ccc(-c2ccc(F)cc2)cc1. The maximum Gasteiger partial charge on any atom is 0.255 e. The van der Waals surface area contributed by atoms with E-state index in [1.165, 1.54) is 57.3 Å². The number of fused-ring (bicyclic) bond motifs is 1. The molecule has 2 aliphatic rings. The molecule has 0 aromatic heterocycles. The Bertz CT molecular complexity index is 1090. The van der Waals surface area contributed by atoms with Crippen LogP contribution < -0.4 is 10.1 Å². The van der Waals surface area contributed by atoms with Crippen LogP contribution >= 0.6 is 0 Å². The number of nitrogens with zero attached hydrogens (tertiary/aromatic N) is 1. The number of rotatable bonds is 6. The Morgan fingerprint density at radius 3 is 2.26 bits per heavy atom. The molecule has 5 rings (SSSR count). The Morgan fingerprint density at radius 1 is 0.853 bits per heavy atom. The van der Waals surface area contributed by atoms with E-state index >= 15 is 0 Å². The number of ether oxygens (including phenoxy) is 1. The molecule has 2 heterocycles. The van der Waals surface area contributed by atoms with E-state index in [0.717, 1.165) is 29.2 Å². The van der Waals surface area contributed by atoms with Crippen molar-refractivity contribution in [3.63, 3.8) is 0 Å². The molecule has 1 N–H and O–H groups in total. The lowest BCUT2D eigenvalue weighted by atomic mass is 9.84. The molecule has 0 bridgehead atoms. The fourth-order valence-electron chi connectivity index (χ4n) is 5.27. The van der Waals surface area contributed by atoms with Gasteiger partial charge in [0.15, 0.2) is 0 Å². The van der Waals surface area contributed by atoms with Gasteiger partial charge in [0.05, 0.1) is 6.61 Å². The number of benzene rings is 3. The molecule has 1 amide bonds. The smallest absolute Gasteiger partial charge is 0.255 e. The number of piperidine rings is 2. The van der Waals surface area contributed by atoms with Gasteiger partial charge in [-0.15, -0.1) is 0 Å². The molecule has 0 unspecified atom stereocenters. The number of anilines is 1. The topological polar surface area (TPSA) is 41.6 Å². The Hall–Kier alpha value is -3.18. The van der Waals surface area contributed by atoms with Crippen LogP contribution in [0.1, 0.15) is 42.5 Å². The Labute approximate surface area is 200 Å². The monoisotopic (exact) mass is 458 g/mol. The quantitative estimate of drug-likeness (QED) is 0.465. The lowest BCUT2D eigenvalue weighted by Crippen LogP contribution is -2.49. The van der Waals surface area contributed by atoms with E-state index in [-0.39, 0.29) is 11.7 Å². The van der Waals surface area contributed by atoms with E-state index in [2.05, 4.69) is 10.2 Å². The first kappa shape index (κ1) is 22.6. The molecule has 0 saturated carbocycles. The molecule has 2 fully saturated rings. The van der Waals surface area contributed by atoms with E-state index < -0.39 is 0 Å². The van der Waals surface area contributed by atoms with Gasteiger partial charge in [0.2, 0.25) is 0 Å². The predicted molar refractivity (Wildman–Crippen MR) is 134 cm³/mol. The van der Waals surface area contributed by atoms with Gasteiger partial charge in [-0.3, -0.25) is 9.69 Å². The highest BCUT2D eigenvalue weighted by Crippen LogP contribution is 2.31. The fraction of sp³-hybridized carbons (Fsp3) is 0.345. The molecular formula is C29H31FN2O2. The number of nitrogens with one attached hydrogen (secondary N) is 1. The highest BCUT2D eigenvalue weighted by atomic mass is 19.1. The molecule has 5 heteroatoms. The predicted octanol–water partition coefficient (Wildman–Crippen LogP) is 6.39. The Morgan fingerprint density at radius 2 is 1.53 bits per heavy atom. The van der Waals surface area contributed by atoms with Crippen LogP contribution in [0.2, 0.25) is 0 Å². The standard InChI is InChI=1S/C29H31FN2O2/c30-25-12-10-22(11-13-25)21-6-8-23(9-7-21)29(33)31-26-14-16-27(17-15-26)34-20-24-4-3-19-32-18-2-1-5-28(24)32/h6-17,24,28H,1-5,18-20H2,(H,31,33)/t24-,28+/m0/s1. The van der Waals surface area contributed by atoms with Crippen LogP contribution in [-0.2, 0) is 0 Å². The molecule has 0 aliphatic carbocycles. The maximum absolute atomic E-state index is 13.1. The zero-order chi connectivity index (χ0) is 23.3. The molecular weight excluding hydrogens is 427 g/mol. The highest BCUT2D eigenvalue weighted by molar-refractivity contribution is 6.04. The molecule has 0 radical (unpaired) electrons. The molecule has 0 spiro atoms. The van der Waals surface area contributed by atoms with Gasteiger partial charge in [-0.1, -0.05) is 30.7 Å². The molecule has 176 valence electrons. The van der Waals surface area contributed by atoms with Crippen LogP contribution in [0.5, 0.6) is 5.75 Å². The van der Waals surface area contributed by atoms with Gasteiger partial charge < -0.3 is 10.1 Å². The summed E-state index contributed by atoms with van der Waals surface area (Å²) < 4.78 is 19.3. The van der Waals surface area contributed by atoms with Crippen LogP contribution in [0.3, 0.4) is 0 Å².